The molecule has 1 aromatic heterocycles. The van der Waals surface area contributed by atoms with Crippen LogP contribution in [0.3, 0.4) is 0 Å². The summed E-state index contributed by atoms with van der Waals surface area (Å²) in [6, 6.07) is 1.37. The van der Waals surface area contributed by atoms with Crippen LogP contribution in [0.25, 0.3) is 0 Å². The maximum Gasteiger partial charge on any atom is 0.333 e. The van der Waals surface area contributed by atoms with Crippen molar-refractivity contribution >= 4 is 80.5 Å². The Bertz CT molecular complexity index is 750. The molecule has 0 saturated carbocycles. The van der Waals surface area contributed by atoms with Crippen molar-refractivity contribution in [2.75, 3.05) is 11.5 Å². The van der Waals surface area contributed by atoms with Gasteiger partial charge in [-0.25, -0.2) is 4.79 Å². The number of nitrogens with zero attached hydrogens (tertiary/aromatic N) is 2. The molecule has 1 saturated heterocycles. The fourth-order valence-electron chi connectivity index (χ4n) is 2.64. The van der Waals surface area contributed by atoms with Gasteiger partial charge in [-0.05, 0) is 30.0 Å². The first-order valence-corrected chi connectivity index (χ1v) is 10.1. The molecule has 1 aromatic rings. The van der Waals surface area contributed by atoms with Crippen molar-refractivity contribution in [2.45, 2.75) is 35.2 Å². The van der Waals surface area contributed by atoms with Crippen molar-refractivity contribution in [3.05, 3.63) is 29.7 Å². The van der Waals surface area contributed by atoms with Gasteiger partial charge in [-0.3, -0.25) is 14.5 Å². The number of hydrogen-bond donors (Lipinski definition) is 0. The number of anilines is 1. The van der Waals surface area contributed by atoms with E-state index in [9.17, 15) is 14.4 Å². The first-order valence-electron chi connectivity index (χ1n) is 7.64. The average Bonchev–Trinajstić information content (AvgIpc) is 3.07. The van der Waals surface area contributed by atoms with Crippen LogP contribution >= 0.6 is 57.7 Å². The van der Waals surface area contributed by atoms with Crippen molar-refractivity contribution in [1.29, 1.82) is 0 Å². The average molecular weight is 474 g/mol. The lowest BCUT2D eigenvalue weighted by Crippen LogP contribution is -2.73. The maximum absolute atomic E-state index is 12.8. The van der Waals surface area contributed by atoms with Crippen LogP contribution in [0.15, 0.2) is 29.7 Å². The molecule has 0 N–H and O–H groups in total. The van der Waals surface area contributed by atoms with Crippen LogP contribution in [0.4, 0.5) is 5.00 Å². The largest absolute Gasteiger partial charge is 0.459 e. The lowest BCUT2D eigenvalue weighted by molar-refractivity contribution is -0.162. The van der Waals surface area contributed by atoms with Crippen molar-refractivity contribution in [3.8, 4) is 0 Å². The Labute approximate surface area is 180 Å². The summed E-state index contributed by atoms with van der Waals surface area (Å²) in [5.74, 6) is -1.67. The lowest BCUT2D eigenvalue weighted by Gasteiger charge is -2.50. The minimum atomic E-state index is -1.79. The molecular weight excluding hydrogens is 458 g/mol. The van der Waals surface area contributed by atoms with Gasteiger partial charge in [0.25, 0.3) is 5.91 Å². The first kappa shape index (κ1) is 22.3. The molecule has 2 amide bonds. The summed E-state index contributed by atoms with van der Waals surface area (Å²) in [5, 5.41) is 2.36. The summed E-state index contributed by atoms with van der Waals surface area (Å²) in [6.07, 6.45) is 0. The van der Waals surface area contributed by atoms with E-state index in [4.69, 9.17) is 51.1 Å². The minimum Gasteiger partial charge on any atom is -0.459 e. The van der Waals surface area contributed by atoms with Gasteiger partial charge in [0.15, 0.2) is 12.1 Å². The van der Waals surface area contributed by atoms with E-state index in [1.54, 1.807) is 24.4 Å². The summed E-state index contributed by atoms with van der Waals surface area (Å²) in [7, 11) is 0. The third-order valence-corrected chi connectivity index (χ3v) is 5.38. The molecule has 6 nitrogen and oxygen atoms in total. The lowest BCUT2D eigenvalue weighted by atomic mass is 9.98. The molecule has 148 valence electrons. The fraction of sp³-hybridized carbons (Fsp3) is 0.438. The molecule has 27 heavy (non-hydrogen) atoms. The molecule has 2 rings (SSSR count). The molecular formula is C16H16Cl4N2O4S. The third-order valence-electron chi connectivity index (χ3n) is 3.74. The summed E-state index contributed by atoms with van der Waals surface area (Å²) >= 11 is 24.4. The summed E-state index contributed by atoms with van der Waals surface area (Å²) < 4.78 is 3.18. The van der Waals surface area contributed by atoms with Crippen LogP contribution in [0.5, 0.6) is 0 Å². The van der Waals surface area contributed by atoms with Crippen molar-refractivity contribution < 1.29 is 19.1 Å². The minimum absolute atomic E-state index is 0.326. The molecule has 1 aliphatic heterocycles. The molecule has 1 fully saturated rings. The van der Waals surface area contributed by atoms with Gasteiger partial charge in [-0.2, -0.15) is 0 Å². The molecule has 3 unspecified atom stereocenters. The number of carbonyl (C=O) groups excluding carboxylic acids is 3. The fourth-order valence-corrected chi connectivity index (χ4v) is 4.05. The van der Waals surface area contributed by atoms with Crippen LogP contribution < -0.4 is 4.90 Å². The van der Waals surface area contributed by atoms with Crippen LogP contribution in [0, 0.1) is 0 Å². The summed E-state index contributed by atoms with van der Waals surface area (Å²) in [4.78, 5) is 39.7. The Morgan fingerprint density at radius 2 is 2.04 bits per heavy atom. The quantitative estimate of drug-likeness (QED) is 0.207. The number of alkyl halides is 4. The Morgan fingerprint density at radius 3 is 2.44 bits per heavy atom. The molecule has 11 heteroatoms. The molecule has 0 aliphatic carbocycles. The summed E-state index contributed by atoms with van der Waals surface area (Å²) in [6.45, 7) is 6.11. The zero-order chi connectivity index (χ0) is 20.5. The number of likely N-dealkylation sites (tertiary alicyclic amines) is 1. The van der Waals surface area contributed by atoms with Gasteiger partial charge in [0, 0.05) is 6.92 Å². The van der Waals surface area contributed by atoms with E-state index in [0.29, 0.717) is 10.6 Å². The first-order chi connectivity index (χ1) is 12.5. The Balaban J connectivity index is 2.21. The second-order valence-corrected chi connectivity index (χ2v) is 9.76. The highest BCUT2D eigenvalue weighted by Gasteiger charge is 2.56. The monoisotopic (exact) mass is 472 g/mol. The van der Waals surface area contributed by atoms with E-state index in [2.05, 4.69) is 6.58 Å². The number of rotatable bonds is 6. The molecule has 0 radical (unpaired) electrons. The third kappa shape index (κ3) is 4.90. The van der Waals surface area contributed by atoms with E-state index in [0.717, 1.165) is 4.90 Å². The normalized spacial score (nSPS) is 20.7. The molecule has 3 atom stereocenters. The van der Waals surface area contributed by atoms with Gasteiger partial charge in [0.2, 0.25) is 9.70 Å². The molecule has 2 heterocycles. The van der Waals surface area contributed by atoms with Crippen molar-refractivity contribution in [3.63, 3.8) is 0 Å². The van der Waals surface area contributed by atoms with Gasteiger partial charge in [0.1, 0.15) is 12.1 Å². The van der Waals surface area contributed by atoms with Gasteiger partial charge in [-0.15, -0.1) is 11.3 Å². The SMILES string of the molecule is C=C(C)C(C(=O)OCC(Cl)(Cl)Cl)N1C(=O)C(N(C(C)=O)c2cccs2)C1Cl. The molecule has 0 aromatic carbocycles. The Hall–Kier alpha value is -0.990. The van der Waals surface area contributed by atoms with E-state index >= 15 is 0 Å². The van der Waals surface area contributed by atoms with Crippen molar-refractivity contribution in [2.24, 2.45) is 0 Å². The van der Waals surface area contributed by atoms with E-state index in [-0.39, 0.29) is 5.91 Å². The van der Waals surface area contributed by atoms with Crippen LogP contribution in [-0.2, 0) is 19.1 Å². The molecule has 0 spiro atoms. The van der Waals surface area contributed by atoms with Crippen LogP contribution in [0.2, 0.25) is 0 Å². The Kier molecular flexibility index (Phi) is 7.08. The predicted molar refractivity (Wildman–Crippen MR) is 108 cm³/mol. The van der Waals surface area contributed by atoms with Gasteiger partial charge in [0.05, 0.1) is 5.00 Å². The number of esters is 1. The van der Waals surface area contributed by atoms with Crippen molar-refractivity contribution in [1.82, 2.24) is 4.90 Å². The summed E-state index contributed by atoms with van der Waals surface area (Å²) in [5.41, 5.74) is -0.627. The number of β-lactam (4-membered cyclic amide) rings is 1. The number of halogens is 4. The zero-order valence-electron chi connectivity index (χ0n) is 14.3. The number of ether oxygens (including phenoxy) is 1. The van der Waals surface area contributed by atoms with E-state index < -0.39 is 39.9 Å². The maximum atomic E-state index is 12.8. The Morgan fingerprint density at radius 1 is 1.41 bits per heavy atom. The molecule has 1 aliphatic rings. The second-order valence-electron chi connectivity index (χ2n) is 5.88. The predicted octanol–water partition coefficient (Wildman–Crippen LogP) is 3.73. The second kappa shape index (κ2) is 8.57. The van der Waals surface area contributed by atoms with Crippen LogP contribution in [-0.4, -0.2) is 50.7 Å². The number of carbonyl (C=O) groups is 3. The van der Waals surface area contributed by atoms with Gasteiger partial charge < -0.3 is 9.64 Å². The highest BCUT2D eigenvalue weighted by Crippen LogP contribution is 2.37. The smallest absolute Gasteiger partial charge is 0.333 e. The highest BCUT2D eigenvalue weighted by atomic mass is 35.6. The van der Waals surface area contributed by atoms with Crippen LogP contribution in [0.1, 0.15) is 13.8 Å². The molecule has 0 bridgehead atoms. The topological polar surface area (TPSA) is 66.9 Å². The zero-order valence-corrected chi connectivity index (χ0v) is 18.2. The highest BCUT2D eigenvalue weighted by molar-refractivity contribution is 7.14. The number of hydrogen-bond acceptors (Lipinski definition) is 5. The van der Waals surface area contributed by atoms with Gasteiger partial charge >= 0.3 is 5.97 Å². The van der Waals surface area contributed by atoms with E-state index in [1.165, 1.54) is 23.2 Å². The van der Waals surface area contributed by atoms with E-state index in [1.807, 2.05) is 0 Å². The number of amides is 2. The van der Waals surface area contributed by atoms with Gasteiger partial charge in [-0.1, -0.05) is 53.0 Å². The standard InChI is InChI=1S/C16H16Cl4N2O4S/c1-8(2)11(15(25)26-7-16(18,19)20)22-13(17)12(14(22)24)21(9(3)23)10-5-4-6-27-10/h4-6,11-13H,1,7H2,2-3H3. The number of thiophene rings is 1.